The number of carbonyl (C=O) groups is 2. The average Bonchev–Trinajstić information content (AvgIpc) is 3.05. The minimum absolute atomic E-state index is 0.0289. The first-order chi connectivity index (χ1) is 10.3. The van der Waals surface area contributed by atoms with Gasteiger partial charge in [0.25, 0.3) is 0 Å². The SMILES string of the molecule is C=C1C(=O)O[C@@H]2[C@H]3O[C@]3(C)[C@@H](OC(C)=O)C/C=C(\C)CC[C@@H]12. The van der Waals surface area contributed by atoms with Crippen molar-refractivity contribution in [1.29, 1.82) is 0 Å². The summed E-state index contributed by atoms with van der Waals surface area (Å²) in [4.78, 5) is 23.3. The Bertz CT molecular complexity index is 563. The van der Waals surface area contributed by atoms with Crippen molar-refractivity contribution < 1.29 is 23.8 Å². The zero-order valence-corrected chi connectivity index (χ0v) is 13.3. The second-order valence-electron chi connectivity index (χ2n) is 6.65. The Morgan fingerprint density at radius 1 is 1.50 bits per heavy atom. The van der Waals surface area contributed by atoms with Crippen molar-refractivity contribution in [1.82, 2.24) is 0 Å². The molecule has 1 aliphatic carbocycles. The third kappa shape index (κ3) is 2.47. The molecule has 0 aromatic rings. The number of fused-ring (bicyclic) bond motifs is 3. The topological polar surface area (TPSA) is 65.1 Å². The van der Waals surface area contributed by atoms with Gasteiger partial charge in [-0.05, 0) is 26.7 Å². The molecule has 0 amide bonds. The van der Waals surface area contributed by atoms with Gasteiger partial charge in [-0.15, -0.1) is 0 Å². The summed E-state index contributed by atoms with van der Waals surface area (Å²) < 4.78 is 16.8. The summed E-state index contributed by atoms with van der Waals surface area (Å²) in [6, 6.07) is 0. The molecule has 22 heavy (non-hydrogen) atoms. The quantitative estimate of drug-likeness (QED) is 0.322. The maximum atomic E-state index is 11.9. The van der Waals surface area contributed by atoms with Gasteiger partial charge >= 0.3 is 11.9 Å². The maximum absolute atomic E-state index is 11.9. The molecule has 3 rings (SSSR count). The highest BCUT2D eigenvalue weighted by Gasteiger charge is 2.66. The van der Waals surface area contributed by atoms with Crippen LogP contribution in [0.1, 0.15) is 40.0 Å². The Balaban J connectivity index is 1.90. The molecule has 0 bridgehead atoms. The predicted octanol–water partition coefficient (Wildman–Crippen LogP) is 2.30. The van der Waals surface area contributed by atoms with E-state index in [1.165, 1.54) is 12.5 Å². The molecule has 0 spiro atoms. The Kier molecular flexibility index (Phi) is 3.63. The highest BCUT2D eigenvalue weighted by molar-refractivity contribution is 5.91. The summed E-state index contributed by atoms with van der Waals surface area (Å²) >= 11 is 0. The molecule has 2 aliphatic heterocycles. The average molecular weight is 306 g/mol. The van der Waals surface area contributed by atoms with E-state index in [4.69, 9.17) is 14.2 Å². The van der Waals surface area contributed by atoms with Crippen molar-refractivity contribution in [2.45, 2.75) is 63.9 Å². The first kappa shape index (κ1) is 15.3. The van der Waals surface area contributed by atoms with Crippen LogP contribution in [0.2, 0.25) is 0 Å². The lowest BCUT2D eigenvalue weighted by molar-refractivity contribution is -0.149. The Morgan fingerprint density at radius 3 is 2.91 bits per heavy atom. The van der Waals surface area contributed by atoms with Gasteiger partial charge in [-0.25, -0.2) is 4.79 Å². The first-order valence-electron chi connectivity index (χ1n) is 7.73. The molecule has 5 nitrogen and oxygen atoms in total. The van der Waals surface area contributed by atoms with Crippen molar-refractivity contribution in [3.05, 3.63) is 23.8 Å². The van der Waals surface area contributed by atoms with Crippen LogP contribution in [0, 0.1) is 5.92 Å². The van der Waals surface area contributed by atoms with E-state index in [1.54, 1.807) is 0 Å². The molecule has 0 saturated carbocycles. The minimum atomic E-state index is -0.604. The predicted molar refractivity (Wildman–Crippen MR) is 79.0 cm³/mol. The lowest BCUT2D eigenvalue weighted by atomic mass is 9.83. The first-order valence-corrected chi connectivity index (χ1v) is 7.73. The molecule has 0 aromatic carbocycles. The zero-order valence-electron chi connectivity index (χ0n) is 13.3. The van der Waals surface area contributed by atoms with E-state index >= 15 is 0 Å². The van der Waals surface area contributed by atoms with Gasteiger partial charge in [-0.2, -0.15) is 0 Å². The van der Waals surface area contributed by atoms with Crippen molar-refractivity contribution in [2.75, 3.05) is 0 Å². The van der Waals surface area contributed by atoms with Crippen LogP contribution < -0.4 is 0 Å². The van der Waals surface area contributed by atoms with Crippen LogP contribution in [-0.2, 0) is 23.8 Å². The fourth-order valence-electron chi connectivity index (χ4n) is 3.53. The summed E-state index contributed by atoms with van der Waals surface area (Å²) in [6.45, 7) is 9.25. The second-order valence-corrected chi connectivity index (χ2v) is 6.65. The van der Waals surface area contributed by atoms with Crippen LogP contribution in [0.5, 0.6) is 0 Å². The molecular formula is C17H22O5. The van der Waals surface area contributed by atoms with Gasteiger partial charge in [0.1, 0.15) is 23.9 Å². The van der Waals surface area contributed by atoms with E-state index in [0.717, 1.165) is 12.8 Å². The molecule has 5 atom stereocenters. The maximum Gasteiger partial charge on any atom is 0.334 e. The molecule has 3 aliphatic rings. The fraction of sp³-hybridized carbons (Fsp3) is 0.647. The fourth-order valence-corrected chi connectivity index (χ4v) is 3.53. The summed E-state index contributed by atoms with van der Waals surface area (Å²) in [5.41, 5.74) is 1.14. The van der Waals surface area contributed by atoms with Crippen LogP contribution in [0.3, 0.4) is 0 Å². The molecule has 0 radical (unpaired) electrons. The number of hydrogen-bond donors (Lipinski definition) is 0. The lowest BCUT2D eigenvalue weighted by Crippen LogP contribution is -2.38. The molecular weight excluding hydrogens is 284 g/mol. The van der Waals surface area contributed by atoms with Crippen LogP contribution in [0.4, 0.5) is 0 Å². The van der Waals surface area contributed by atoms with Crippen molar-refractivity contribution in [3.63, 3.8) is 0 Å². The number of hydrogen-bond acceptors (Lipinski definition) is 5. The number of allylic oxidation sites excluding steroid dienone is 1. The smallest absolute Gasteiger partial charge is 0.334 e. The molecule has 2 fully saturated rings. The van der Waals surface area contributed by atoms with Crippen molar-refractivity contribution in [2.24, 2.45) is 5.92 Å². The van der Waals surface area contributed by atoms with Gasteiger partial charge in [0, 0.05) is 24.8 Å². The summed E-state index contributed by atoms with van der Waals surface area (Å²) in [5, 5.41) is 0. The summed E-state index contributed by atoms with van der Waals surface area (Å²) in [6.07, 6.45) is 3.48. The number of esters is 2. The van der Waals surface area contributed by atoms with Crippen LogP contribution in [0.15, 0.2) is 23.8 Å². The molecule has 0 N–H and O–H groups in total. The van der Waals surface area contributed by atoms with Gasteiger partial charge in [-0.3, -0.25) is 4.79 Å². The molecule has 120 valence electrons. The molecule has 0 unspecified atom stereocenters. The summed E-state index contributed by atoms with van der Waals surface area (Å²) in [5.74, 6) is -0.690. The molecule has 5 heteroatoms. The minimum Gasteiger partial charge on any atom is -0.459 e. The van der Waals surface area contributed by atoms with E-state index in [-0.39, 0.29) is 36.2 Å². The van der Waals surface area contributed by atoms with Crippen LogP contribution in [0.25, 0.3) is 0 Å². The standard InChI is InChI=1S/C17H22O5/c1-9-5-7-12-10(2)16(19)21-14(12)15-17(4,22-15)13(8-6-9)20-11(3)18/h6,12-15H,2,5,7-8H2,1,3-4H3/b9-6+/t12-,13-,14-,15+,17+/m0/s1. The van der Waals surface area contributed by atoms with Crippen molar-refractivity contribution in [3.8, 4) is 0 Å². The lowest BCUT2D eigenvalue weighted by Gasteiger charge is -2.24. The van der Waals surface area contributed by atoms with Gasteiger partial charge in [0.15, 0.2) is 0 Å². The van der Waals surface area contributed by atoms with E-state index in [9.17, 15) is 9.59 Å². The largest absolute Gasteiger partial charge is 0.459 e. The number of carbonyl (C=O) groups excluding carboxylic acids is 2. The molecule has 2 heterocycles. The Labute approximate surface area is 130 Å². The van der Waals surface area contributed by atoms with Crippen LogP contribution in [-0.4, -0.2) is 35.9 Å². The molecule has 2 saturated heterocycles. The zero-order chi connectivity index (χ0) is 16.1. The van der Waals surface area contributed by atoms with E-state index in [2.05, 4.69) is 19.6 Å². The van der Waals surface area contributed by atoms with E-state index in [1.807, 2.05) is 6.92 Å². The van der Waals surface area contributed by atoms with E-state index < -0.39 is 5.60 Å². The molecule has 0 aromatic heterocycles. The number of epoxide rings is 1. The second kappa shape index (κ2) is 5.23. The highest BCUT2D eigenvalue weighted by atomic mass is 16.7. The third-order valence-corrected chi connectivity index (χ3v) is 5.01. The highest BCUT2D eigenvalue weighted by Crippen LogP contribution is 2.50. The van der Waals surface area contributed by atoms with Crippen molar-refractivity contribution >= 4 is 11.9 Å². The van der Waals surface area contributed by atoms with Gasteiger partial charge in [0.2, 0.25) is 0 Å². The normalized spacial score (nSPS) is 43.3. The van der Waals surface area contributed by atoms with Crippen LogP contribution >= 0.6 is 0 Å². The van der Waals surface area contributed by atoms with Gasteiger partial charge < -0.3 is 14.2 Å². The van der Waals surface area contributed by atoms with Gasteiger partial charge in [-0.1, -0.05) is 18.2 Å². The van der Waals surface area contributed by atoms with E-state index in [0.29, 0.717) is 12.0 Å². The summed E-state index contributed by atoms with van der Waals surface area (Å²) in [7, 11) is 0. The van der Waals surface area contributed by atoms with Gasteiger partial charge in [0.05, 0.1) is 0 Å². The Morgan fingerprint density at radius 2 is 2.23 bits per heavy atom. The third-order valence-electron chi connectivity index (χ3n) is 5.01. The number of rotatable bonds is 1. The number of ether oxygens (including phenoxy) is 3. The Hall–Kier alpha value is -1.62. The monoisotopic (exact) mass is 306 g/mol.